The summed E-state index contributed by atoms with van der Waals surface area (Å²) in [6.45, 7) is 6.73. The molecule has 0 bridgehead atoms. The van der Waals surface area contributed by atoms with Crippen molar-refractivity contribution in [3.63, 3.8) is 0 Å². The van der Waals surface area contributed by atoms with Crippen LogP contribution >= 0.6 is 0 Å². The summed E-state index contributed by atoms with van der Waals surface area (Å²) >= 11 is 0. The van der Waals surface area contributed by atoms with E-state index in [-0.39, 0.29) is 17.5 Å². The van der Waals surface area contributed by atoms with Gasteiger partial charge in [0, 0.05) is 18.5 Å². The Hall–Kier alpha value is -2.70. The fourth-order valence-electron chi connectivity index (χ4n) is 2.14. The number of nitrogens with zero attached hydrogens (tertiary/aromatic N) is 1. The van der Waals surface area contributed by atoms with Gasteiger partial charge in [0.05, 0.1) is 11.4 Å². The highest BCUT2D eigenvalue weighted by molar-refractivity contribution is 6.06. The molecule has 2 aromatic rings. The van der Waals surface area contributed by atoms with Crippen LogP contribution in [0, 0.1) is 12.7 Å². The molecule has 0 aliphatic carbocycles. The summed E-state index contributed by atoms with van der Waals surface area (Å²) in [5.41, 5.74) is 1.09. The molecule has 6 nitrogen and oxygen atoms in total. The molecule has 0 unspecified atom stereocenters. The molecular formula is C16H18FN3O3. The summed E-state index contributed by atoms with van der Waals surface area (Å²) in [6, 6.07) is 3.94. The molecule has 2 amide bonds. The van der Waals surface area contributed by atoms with Crippen molar-refractivity contribution in [2.75, 3.05) is 10.6 Å². The first-order chi connectivity index (χ1) is 10.8. The van der Waals surface area contributed by atoms with E-state index in [1.54, 1.807) is 6.92 Å². The number of hydrogen-bond donors (Lipinski definition) is 2. The minimum Gasteiger partial charge on any atom is -0.360 e. The molecule has 122 valence electrons. The number of halogens is 1. The molecule has 0 saturated carbocycles. The summed E-state index contributed by atoms with van der Waals surface area (Å²) in [5, 5.41) is 8.82. The van der Waals surface area contributed by atoms with Gasteiger partial charge in [-0.05, 0) is 25.1 Å². The largest absolute Gasteiger partial charge is 0.360 e. The lowest BCUT2D eigenvalue weighted by Gasteiger charge is -2.10. The molecule has 1 aromatic carbocycles. The van der Waals surface area contributed by atoms with E-state index in [1.165, 1.54) is 25.1 Å². The van der Waals surface area contributed by atoms with Crippen LogP contribution in [-0.2, 0) is 4.79 Å². The quantitative estimate of drug-likeness (QED) is 0.904. The normalized spacial score (nSPS) is 10.7. The fourth-order valence-corrected chi connectivity index (χ4v) is 2.14. The van der Waals surface area contributed by atoms with Crippen molar-refractivity contribution in [3.8, 4) is 0 Å². The Morgan fingerprint density at radius 2 is 1.96 bits per heavy atom. The highest BCUT2D eigenvalue weighted by Gasteiger charge is 2.23. The summed E-state index contributed by atoms with van der Waals surface area (Å²) < 4.78 is 19.1. The summed E-state index contributed by atoms with van der Waals surface area (Å²) in [4.78, 5) is 23.5. The van der Waals surface area contributed by atoms with Crippen molar-refractivity contribution < 1.29 is 18.5 Å². The summed E-state index contributed by atoms with van der Waals surface area (Å²) in [5.74, 6) is -0.990. The first-order valence-electron chi connectivity index (χ1n) is 7.14. The number of hydrogen-bond acceptors (Lipinski definition) is 4. The van der Waals surface area contributed by atoms with E-state index in [1.807, 2.05) is 13.8 Å². The van der Waals surface area contributed by atoms with Gasteiger partial charge in [-0.1, -0.05) is 19.0 Å². The number of anilines is 2. The number of aromatic nitrogens is 1. The topological polar surface area (TPSA) is 84.2 Å². The van der Waals surface area contributed by atoms with Crippen molar-refractivity contribution in [2.45, 2.75) is 33.6 Å². The molecule has 0 radical (unpaired) electrons. The molecule has 1 heterocycles. The molecule has 7 heteroatoms. The number of nitrogens with one attached hydrogen (secondary N) is 2. The van der Waals surface area contributed by atoms with Crippen LogP contribution in [0.15, 0.2) is 22.7 Å². The lowest BCUT2D eigenvalue weighted by molar-refractivity contribution is -0.114. The Balaban J connectivity index is 2.30. The van der Waals surface area contributed by atoms with Crippen molar-refractivity contribution >= 4 is 23.2 Å². The molecule has 0 saturated heterocycles. The van der Waals surface area contributed by atoms with Crippen LogP contribution in [0.3, 0.4) is 0 Å². The Kier molecular flexibility index (Phi) is 4.78. The van der Waals surface area contributed by atoms with Crippen LogP contribution in [0.25, 0.3) is 0 Å². The van der Waals surface area contributed by atoms with Gasteiger partial charge >= 0.3 is 0 Å². The lowest BCUT2D eigenvalue weighted by Crippen LogP contribution is -2.16. The van der Waals surface area contributed by atoms with Crippen LogP contribution < -0.4 is 10.6 Å². The standard InChI is InChI=1S/C16H18FN3O3/c1-8(2)15-14(9(3)20-23-15)16(22)19-13-7-11(18-10(4)21)5-6-12(13)17/h5-8H,1-4H3,(H,18,21)(H,19,22). The van der Waals surface area contributed by atoms with Crippen molar-refractivity contribution in [3.05, 3.63) is 41.0 Å². The molecule has 2 rings (SSSR count). The maximum atomic E-state index is 13.9. The molecule has 0 spiro atoms. The second kappa shape index (κ2) is 6.60. The first kappa shape index (κ1) is 16.7. The van der Waals surface area contributed by atoms with E-state index in [0.29, 0.717) is 22.7 Å². The van der Waals surface area contributed by atoms with E-state index in [0.717, 1.165) is 0 Å². The van der Waals surface area contributed by atoms with Gasteiger partial charge in [-0.3, -0.25) is 9.59 Å². The highest BCUT2D eigenvalue weighted by atomic mass is 19.1. The third-order valence-corrected chi connectivity index (χ3v) is 3.18. The zero-order chi connectivity index (χ0) is 17.1. The Morgan fingerprint density at radius 3 is 2.57 bits per heavy atom. The zero-order valence-electron chi connectivity index (χ0n) is 13.4. The molecule has 0 aliphatic heterocycles. The van der Waals surface area contributed by atoms with Crippen LogP contribution in [0.1, 0.15) is 48.5 Å². The molecule has 0 fully saturated rings. The van der Waals surface area contributed by atoms with Gasteiger partial charge in [-0.25, -0.2) is 4.39 Å². The van der Waals surface area contributed by atoms with Gasteiger partial charge in [0.2, 0.25) is 5.91 Å². The molecule has 0 atom stereocenters. The smallest absolute Gasteiger partial charge is 0.261 e. The number of rotatable bonds is 4. The van der Waals surface area contributed by atoms with Gasteiger partial charge in [0.1, 0.15) is 11.4 Å². The number of benzene rings is 1. The minimum atomic E-state index is -0.604. The highest BCUT2D eigenvalue weighted by Crippen LogP contribution is 2.25. The van der Waals surface area contributed by atoms with Gasteiger partial charge in [-0.15, -0.1) is 0 Å². The monoisotopic (exact) mass is 319 g/mol. The SMILES string of the molecule is CC(=O)Nc1ccc(F)c(NC(=O)c2c(C)noc2C(C)C)c1. The average Bonchev–Trinajstić information content (AvgIpc) is 2.84. The van der Waals surface area contributed by atoms with Gasteiger partial charge < -0.3 is 15.2 Å². The van der Waals surface area contributed by atoms with E-state index in [2.05, 4.69) is 15.8 Å². The maximum absolute atomic E-state index is 13.9. The van der Waals surface area contributed by atoms with Crippen LogP contribution in [0.4, 0.5) is 15.8 Å². The second-order valence-electron chi connectivity index (χ2n) is 5.49. The van der Waals surface area contributed by atoms with Crippen LogP contribution in [0.5, 0.6) is 0 Å². The van der Waals surface area contributed by atoms with Crippen LogP contribution in [-0.4, -0.2) is 17.0 Å². The maximum Gasteiger partial charge on any atom is 0.261 e. The van der Waals surface area contributed by atoms with Crippen LogP contribution in [0.2, 0.25) is 0 Å². The Labute approximate surface area is 133 Å². The number of carbonyl (C=O) groups is 2. The number of carbonyl (C=O) groups excluding carboxylic acids is 2. The Bertz CT molecular complexity index is 753. The van der Waals surface area contributed by atoms with Crippen molar-refractivity contribution in [1.29, 1.82) is 0 Å². The third kappa shape index (κ3) is 3.74. The van der Waals surface area contributed by atoms with E-state index in [9.17, 15) is 14.0 Å². The third-order valence-electron chi connectivity index (χ3n) is 3.18. The fraction of sp³-hybridized carbons (Fsp3) is 0.312. The Morgan fingerprint density at radius 1 is 1.26 bits per heavy atom. The molecule has 1 aromatic heterocycles. The zero-order valence-corrected chi connectivity index (χ0v) is 13.4. The van der Waals surface area contributed by atoms with E-state index in [4.69, 9.17) is 4.52 Å². The predicted octanol–water partition coefficient (Wildman–Crippen LogP) is 3.46. The van der Waals surface area contributed by atoms with Crippen molar-refractivity contribution in [2.24, 2.45) is 0 Å². The van der Waals surface area contributed by atoms with Gasteiger partial charge in [-0.2, -0.15) is 0 Å². The van der Waals surface area contributed by atoms with Crippen molar-refractivity contribution in [1.82, 2.24) is 5.16 Å². The number of aryl methyl sites for hydroxylation is 1. The first-order valence-corrected chi connectivity index (χ1v) is 7.14. The summed E-state index contributed by atoms with van der Waals surface area (Å²) in [7, 11) is 0. The lowest BCUT2D eigenvalue weighted by atomic mass is 10.0. The second-order valence-corrected chi connectivity index (χ2v) is 5.49. The minimum absolute atomic E-state index is 0.0310. The molecule has 2 N–H and O–H groups in total. The summed E-state index contributed by atoms with van der Waals surface area (Å²) in [6.07, 6.45) is 0. The molecule has 23 heavy (non-hydrogen) atoms. The molecular weight excluding hydrogens is 301 g/mol. The average molecular weight is 319 g/mol. The predicted molar refractivity (Wildman–Crippen MR) is 84.0 cm³/mol. The number of amides is 2. The molecule has 0 aliphatic rings. The van der Waals surface area contributed by atoms with Gasteiger partial charge in [0.25, 0.3) is 5.91 Å². The van der Waals surface area contributed by atoms with E-state index < -0.39 is 11.7 Å². The van der Waals surface area contributed by atoms with Gasteiger partial charge in [0.15, 0.2) is 5.76 Å². The van der Waals surface area contributed by atoms with E-state index >= 15 is 0 Å².